The largest absolute Gasteiger partial charge is 0.497 e. The van der Waals surface area contributed by atoms with Crippen molar-refractivity contribution < 1.29 is 19.0 Å². The van der Waals surface area contributed by atoms with E-state index in [0.29, 0.717) is 18.0 Å². The van der Waals surface area contributed by atoms with Crippen LogP contribution in [-0.4, -0.2) is 46.4 Å². The van der Waals surface area contributed by atoms with Crippen LogP contribution < -0.4 is 24.4 Å². The van der Waals surface area contributed by atoms with Crippen molar-refractivity contribution in [3.8, 4) is 17.2 Å². The number of anilines is 1. The van der Waals surface area contributed by atoms with E-state index in [1.165, 1.54) is 24.1 Å². The first kappa shape index (κ1) is 21.3. The monoisotopic (exact) mass is 424 g/mol. The van der Waals surface area contributed by atoms with Crippen LogP contribution in [0.25, 0.3) is 0 Å². The van der Waals surface area contributed by atoms with Crippen LogP contribution in [0, 0.1) is 5.92 Å². The second kappa shape index (κ2) is 9.50. The zero-order chi connectivity index (χ0) is 21.8. The molecule has 1 N–H and O–H groups in total. The molecule has 2 atom stereocenters. The van der Waals surface area contributed by atoms with Crippen molar-refractivity contribution in [1.29, 1.82) is 0 Å². The van der Waals surface area contributed by atoms with Gasteiger partial charge < -0.3 is 24.4 Å². The Hall–Kier alpha value is -2.89. The number of nitrogens with zero attached hydrogens (tertiary/aromatic N) is 1. The maximum absolute atomic E-state index is 13.2. The summed E-state index contributed by atoms with van der Waals surface area (Å²) in [6, 6.07) is 12.4. The molecule has 1 fully saturated rings. The number of rotatable bonds is 7. The molecule has 4 rings (SSSR count). The molecule has 0 bridgehead atoms. The number of ether oxygens (including phenoxy) is 3. The van der Waals surface area contributed by atoms with Crippen molar-refractivity contribution >= 4 is 11.6 Å². The number of hydrogen-bond acceptors (Lipinski definition) is 5. The molecular formula is C25H32N2O4. The minimum Gasteiger partial charge on any atom is -0.497 e. The molecule has 2 aliphatic heterocycles. The Morgan fingerprint density at radius 1 is 1.03 bits per heavy atom. The predicted molar refractivity (Wildman–Crippen MR) is 121 cm³/mol. The van der Waals surface area contributed by atoms with E-state index in [1.54, 1.807) is 21.3 Å². The summed E-state index contributed by atoms with van der Waals surface area (Å²) < 4.78 is 16.1. The first-order valence-electron chi connectivity index (χ1n) is 11.1. The SMILES string of the molecule is COc1ccc2c(c1)N1CCCC[C@H]1[C@@H](C(=O)NCCc1ccc(OC)c(OC)c1)C2. The fourth-order valence-corrected chi connectivity index (χ4v) is 4.92. The van der Waals surface area contributed by atoms with Crippen LogP contribution in [0.15, 0.2) is 36.4 Å². The lowest BCUT2D eigenvalue weighted by Gasteiger charge is -2.46. The number of methoxy groups -OCH3 is 3. The molecule has 31 heavy (non-hydrogen) atoms. The third-order valence-corrected chi connectivity index (χ3v) is 6.55. The molecule has 0 unspecified atom stereocenters. The average Bonchev–Trinajstić information content (AvgIpc) is 2.82. The second-order valence-corrected chi connectivity index (χ2v) is 8.29. The number of carbonyl (C=O) groups is 1. The molecule has 2 heterocycles. The average molecular weight is 425 g/mol. The number of piperidine rings is 1. The smallest absolute Gasteiger partial charge is 0.225 e. The molecular weight excluding hydrogens is 392 g/mol. The molecule has 2 aromatic carbocycles. The lowest BCUT2D eigenvalue weighted by molar-refractivity contribution is -0.125. The Bertz CT molecular complexity index is 930. The van der Waals surface area contributed by atoms with Gasteiger partial charge in [0.1, 0.15) is 5.75 Å². The molecule has 0 spiro atoms. The number of carbonyl (C=O) groups excluding carboxylic acids is 1. The molecule has 2 aromatic rings. The fourth-order valence-electron chi connectivity index (χ4n) is 4.92. The van der Waals surface area contributed by atoms with Crippen LogP contribution in [0.1, 0.15) is 30.4 Å². The van der Waals surface area contributed by atoms with E-state index in [1.807, 2.05) is 24.3 Å². The van der Waals surface area contributed by atoms with E-state index < -0.39 is 0 Å². The highest BCUT2D eigenvalue weighted by Gasteiger charge is 2.39. The summed E-state index contributed by atoms with van der Waals surface area (Å²) in [6.45, 7) is 1.60. The van der Waals surface area contributed by atoms with Crippen molar-refractivity contribution in [2.45, 2.75) is 38.1 Å². The molecule has 0 aliphatic carbocycles. The highest BCUT2D eigenvalue weighted by Crippen LogP contribution is 2.40. The standard InChI is InChI=1S/C25H32N2O4/c1-29-19-9-8-18-15-20(21-6-4-5-13-27(21)22(18)16-19)25(28)26-12-11-17-7-10-23(30-2)24(14-17)31-3/h7-10,14,16,20-21H,4-6,11-13,15H2,1-3H3,(H,26,28)/t20-,21-/m0/s1. The van der Waals surface area contributed by atoms with Gasteiger partial charge in [-0.05, 0) is 61.4 Å². The van der Waals surface area contributed by atoms with Crippen LogP contribution in [0.3, 0.4) is 0 Å². The zero-order valence-corrected chi connectivity index (χ0v) is 18.6. The topological polar surface area (TPSA) is 60.0 Å². The second-order valence-electron chi connectivity index (χ2n) is 8.29. The van der Waals surface area contributed by atoms with Crippen molar-refractivity contribution in [1.82, 2.24) is 5.32 Å². The van der Waals surface area contributed by atoms with Gasteiger partial charge in [0.25, 0.3) is 0 Å². The quantitative estimate of drug-likeness (QED) is 0.736. The van der Waals surface area contributed by atoms with Gasteiger partial charge in [0, 0.05) is 30.9 Å². The highest BCUT2D eigenvalue weighted by molar-refractivity contribution is 5.82. The zero-order valence-electron chi connectivity index (χ0n) is 18.6. The number of nitrogens with one attached hydrogen (secondary N) is 1. The maximum Gasteiger partial charge on any atom is 0.225 e. The summed E-state index contributed by atoms with van der Waals surface area (Å²) in [4.78, 5) is 15.6. The van der Waals surface area contributed by atoms with E-state index >= 15 is 0 Å². The van der Waals surface area contributed by atoms with Crippen molar-refractivity contribution in [3.05, 3.63) is 47.5 Å². The van der Waals surface area contributed by atoms with Gasteiger partial charge in [-0.1, -0.05) is 12.1 Å². The van der Waals surface area contributed by atoms with Gasteiger partial charge in [0.2, 0.25) is 5.91 Å². The Balaban J connectivity index is 1.43. The third kappa shape index (κ3) is 4.43. The van der Waals surface area contributed by atoms with Crippen molar-refractivity contribution in [3.63, 3.8) is 0 Å². The normalized spacial score (nSPS) is 19.8. The van der Waals surface area contributed by atoms with Gasteiger partial charge in [-0.3, -0.25) is 4.79 Å². The summed E-state index contributed by atoms with van der Waals surface area (Å²) in [6.07, 6.45) is 4.94. The third-order valence-electron chi connectivity index (χ3n) is 6.55. The lowest BCUT2D eigenvalue weighted by atomic mass is 9.80. The van der Waals surface area contributed by atoms with Crippen LogP contribution >= 0.6 is 0 Å². The molecule has 0 aromatic heterocycles. The van der Waals surface area contributed by atoms with Crippen molar-refractivity contribution in [2.75, 3.05) is 39.3 Å². The van der Waals surface area contributed by atoms with Gasteiger partial charge in [-0.15, -0.1) is 0 Å². The Kier molecular flexibility index (Phi) is 6.54. The first-order valence-corrected chi connectivity index (χ1v) is 11.1. The molecule has 2 aliphatic rings. The van der Waals surface area contributed by atoms with Crippen LogP contribution in [0.2, 0.25) is 0 Å². The number of amides is 1. The highest BCUT2D eigenvalue weighted by atomic mass is 16.5. The van der Waals surface area contributed by atoms with E-state index in [9.17, 15) is 4.79 Å². The van der Waals surface area contributed by atoms with Gasteiger partial charge >= 0.3 is 0 Å². The van der Waals surface area contributed by atoms with E-state index in [4.69, 9.17) is 14.2 Å². The van der Waals surface area contributed by atoms with Crippen molar-refractivity contribution in [2.24, 2.45) is 5.92 Å². The molecule has 1 amide bonds. The van der Waals surface area contributed by atoms with Crippen LogP contribution in [0.5, 0.6) is 17.2 Å². The summed E-state index contributed by atoms with van der Waals surface area (Å²) in [5, 5.41) is 3.19. The molecule has 6 nitrogen and oxygen atoms in total. The summed E-state index contributed by atoms with van der Waals surface area (Å²) in [5.74, 6) is 2.43. The van der Waals surface area contributed by atoms with Crippen LogP contribution in [0.4, 0.5) is 5.69 Å². The minimum absolute atomic E-state index is 0.0217. The number of fused-ring (bicyclic) bond motifs is 3. The van der Waals surface area contributed by atoms with E-state index in [2.05, 4.69) is 22.3 Å². The van der Waals surface area contributed by atoms with Crippen LogP contribution in [-0.2, 0) is 17.6 Å². The molecule has 0 radical (unpaired) electrons. The lowest BCUT2D eigenvalue weighted by Crippen LogP contribution is -2.53. The van der Waals surface area contributed by atoms with E-state index in [-0.39, 0.29) is 17.9 Å². The molecule has 1 saturated heterocycles. The van der Waals surface area contributed by atoms with Gasteiger partial charge in [-0.2, -0.15) is 0 Å². The Morgan fingerprint density at radius 3 is 2.65 bits per heavy atom. The summed E-state index contributed by atoms with van der Waals surface area (Å²) in [7, 11) is 4.97. The Morgan fingerprint density at radius 2 is 1.87 bits per heavy atom. The fraction of sp³-hybridized carbons (Fsp3) is 0.480. The minimum atomic E-state index is -0.0217. The van der Waals surface area contributed by atoms with E-state index in [0.717, 1.165) is 37.1 Å². The number of benzene rings is 2. The van der Waals surface area contributed by atoms with Gasteiger partial charge in [0.15, 0.2) is 11.5 Å². The first-order chi connectivity index (χ1) is 15.1. The van der Waals surface area contributed by atoms with Gasteiger partial charge in [-0.25, -0.2) is 0 Å². The van der Waals surface area contributed by atoms with Gasteiger partial charge in [0.05, 0.1) is 27.2 Å². The molecule has 0 saturated carbocycles. The predicted octanol–water partition coefficient (Wildman–Crippen LogP) is 3.60. The molecule has 166 valence electrons. The maximum atomic E-state index is 13.2. The summed E-state index contributed by atoms with van der Waals surface area (Å²) in [5.41, 5.74) is 3.58. The number of hydrogen-bond donors (Lipinski definition) is 1. The molecule has 6 heteroatoms. The Labute approximate surface area is 184 Å². The summed E-state index contributed by atoms with van der Waals surface area (Å²) >= 11 is 0.